The van der Waals surface area contributed by atoms with Gasteiger partial charge in [0.15, 0.2) is 0 Å². The Bertz CT molecular complexity index is 1180. The van der Waals surface area contributed by atoms with E-state index in [2.05, 4.69) is 25.4 Å². The third-order valence-electron chi connectivity index (χ3n) is 4.94. The lowest BCUT2D eigenvalue weighted by molar-refractivity contribution is -0.0794. The number of benzene rings is 1. The van der Waals surface area contributed by atoms with Crippen LogP contribution in [0, 0.1) is 0 Å². The number of fused-ring (bicyclic) bond motifs is 2. The molecular formula is C19H16F2N6O. The van der Waals surface area contributed by atoms with E-state index in [0.29, 0.717) is 11.8 Å². The van der Waals surface area contributed by atoms with E-state index in [1.807, 2.05) is 30.5 Å². The molecule has 3 heterocycles. The number of rotatable bonds is 4. The van der Waals surface area contributed by atoms with Crippen molar-refractivity contribution in [3.63, 3.8) is 0 Å². The van der Waals surface area contributed by atoms with Crippen LogP contribution in [0.15, 0.2) is 43.0 Å². The molecule has 1 aliphatic carbocycles. The predicted molar refractivity (Wildman–Crippen MR) is 99.7 cm³/mol. The summed E-state index contributed by atoms with van der Waals surface area (Å²) < 4.78 is 33.0. The molecule has 0 aliphatic heterocycles. The highest BCUT2D eigenvalue weighted by molar-refractivity contribution is 5.91. The van der Waals surface area contributed by atoms with Crippen LogP contribution in [0.2, 0.25) is 0 Å². The molecule has 1 aliphatic rings. The maximum atomic E-state index is 13.0. The van der Waals surface area contributed by atoms with Crippen molar-refractivity contribution in [2.75, 3.05) is 12.4 Å². The first-order valence-electron chi connectivity index (χ1n) is 8.80. The van der Waals surface area contributed by atoms with Crippen LogP contribution in [-0.4, -0.2) is 43.6 Å². The van der Waals surface area contributed by atoms with E-state index in [4.69, 9.17) is 4.74 Å². The Balaban J connectivity index is 1.49. The number of hydrogen-bond donors (Lipinski definition) is 1. The number of nitrogens with zero attached hydrogens (tertiary/aromatic N) is 5. The van der Waals surface area contributed by atoms with E-state index in [1.165, 1.54) is 6.33 Å². The van der Waals surface area contributed by atoms with Gasteiger partial charge in [-0.3, -0.25) is 0 Å². The summed E-state index contributed by atoms with van der Waals surface area (Å²) in [6, 6.07) is 7.48. The van der Waals surface area contributed by atoms with Gasteiger partial charge in [-0.25, -0.2) is 28.2 Å². The molecule has 3 aromatic heterocycles. The zero-order chi connectivity index (χ0) is 19.3. The molecule has 0 amide bonds. The molecule has 7 nitrogen and oxygen atoms in total. The predicted octanol–water partition coefficient (Wildman–Crippen LogP) is 3.56. The summed E-state index contributed by atoms with van der Waals surface area (Å²) in [5.41, 5.74) is 3.49. The molecule has 1 N–H and O–H groups in total. The van der Waals surface area contributed by atoms with Gasteiger partial charge < -0.3 is 10.1 Å². The Hall–Kier alpha value is -3.36. The maximum Gasteiger partial charge on any atom is 0.252 e. The first-order chi connectivity index (χ1) is 13.5. The van der Waals surface area contributed by atoms with Gasteiger partial charge in [0.05, 0.1) is 29.7 Å². The van der Waals surface area contributed by atoms with Crippen molar-refractivity contribution >= 4 is 22.4 Å². The molecule has 1 saturated carbocycles. The molecule has 1 fully saturated rings. The van der Waals surface area contributed by atoms with Crippen molar-refractivity contribution in [3.8, 4) is 17.0 Å². The van der Waals surface area contributed by atoms with Gasteiger partial charge >= 0.3 is 0 Å². The average Bonchev–Trinajstić information content (AvgIpc) is 3.09. The van der Waals surface area contributed by atoms with Crippen molar-refractivity contribution in [2.24, 2.45) is 0 Å². The molecule has 0 atom stereocenters. The van der Waals surface area contributed by atoms with Crippen LogP contribution < -0.4 is 10.1 Å². The number of anilines is 1. The average molecular weight is 382 g/mol. The summed E-state index contributed by atoms with van der Waals surface area (Å²) in [5.74, 6) is -1.73. The summed E-state index contributed by atoms with van der Waals surface area (Å²) in [6.07, 6.45) is 4.59. The SMILES string of the molecule is COc1ncnc2ccc(-c3ccn4nc(NC5CC(F)(F)C5)ncc34)cc12. The molecule has 142 valence electrons. The summed E-state index contributed by atoms with van der Waals surface area (Å²) >= 11 is 0. The van der Waals surface area contributed by atoms with Gasteiger partial charge in [-0.2, -0.15) is 0 Å². The quantitative estimate of drug-likeness (QED) is 0.582. The number of ether oxygens (including phenoxy) is 1. The second-order valence-corrected chi connectivity index (χ2v) is 6.86. The van der Waals surface area contributed by atoms with Gasteiger partial charge in [0.1, 0.15) is 6.33 Å². The third-order valence-corrected chi connectivity index (χ3v) is 4.94. The molecule has 0 spiro atoms. The fraction of sp³-hybridized carbons (Fsp3) is 0.263. The first kappa shape index (κ1) is 16.8. The lowest BCUT2D eigenvalue weighted by atomic mass is 9.88. The Morgan fingerprint density at radius 3 is 2.82 bits per heavy atom. The van der Waals surface area contributed by atoms with Gasteiger partial charge in [0.25, 0.3) is 5.92 Å². The highest BCUT2D eigenvalue weighted by atomic mass is 19.3. The molecule has 0 radical (unpaired) electrons. The second-order valence-electron chi connectivity index (χ2n) is 6.86. The topological polar surface area (TPSA) is 77.2 Å². The van der Waals surface area contributed by atoms with Crippen LogP contribution in [0.5, 0.6) is 5.88 Å². The number of hydrogen-bond acceptors (Lipinski definition) is 6. The molecule has 4 aromatic rings. The van der Waals surface area contributed by atoms with Crippen molar-refractivity contribution in [3.05, 3.63) is 43.0 Å². The Kier molecular flexibility index (Phi) is 3.65. The fourth-order valence-electron chi connectivity index (χ4n) is 3.52. The van der Waals surface area contributed by atoms with Crippen LogP contribution in [0.25, 0.3) is 27.5 Å². The smallest absolute Gasteiger partial charge is 0.252 e. The minimum Gasteiger partial charge on any atom is -0.480 e. The van der Waals surface area contributed by atoms with Crippen LogP contribution in [0.1, 0.15) is 12.8 Å². The number of halogens is 2. The van der Waals surface area contributed by atoms with Gasteiger partial charge in [0.2, 0.25) is 11.8 Å². The van der Waals surface area contributed by atoms with Crippen molar-refractivity contribution in [1.82, 2.24) is 24.6 Å². The number of aromatic nitrogens is 5. The normalized spacial score (nSPS) is 16.2. The lowest BCUT2D eigenvalue weighted by Gasteiger charge is -2.35. The highest BCUT2D eigenvalue weighted by Crippen LogP contribution is 2.38. The zero-order valence-corrected chi connectivity index (χ0v) is 14.9. The molecule has 0 unspecified atom stereocenters. The van der Waals surface area contributed by atoms with E-state index in [1.54, 1.807) is 17.8 Å². The first-order valence-corrected chi connectivity index (χ1v) is 8.80. The van der Waals surface area contributed by atoms with Crippen LogP contribution in [0.3, 0.4) is 0 Å². The van der Waals surface area contributed by atoms with E-state index >= 15 is 0 Å². The van der Waals surface area contributed by atoms with Gasteiger partial charge in [-0.05, 0) is 23.8 Å². The second kappa shape index (κ2) is 6.08. The standard InChI is InChI=1S/C19H16F2N6O/c1-28-17-14-6-11(2-3-15(14)23-10-24-17)13-4-5-27-16(13)9-22-18(26-27)25-12-7-19(20,21)8-12/h2-6,9-10,12H,7-8H2,1H3,(H,25,26). The van der Waals surface area contributed by atoms with Crippen LogP contribution >= 0.6 is 0 Å². The minimum absolute atomic E-state index is 0.188. The fourth-order valence-corrected chi connectivity index (χ4v) is 3.52. The summed E-state index contributed by atoms with van der Waals surface area (Å²) in [6.45, 7) is 0. The summed E-state index contributed by atoms with van der Waals surface area (Å²) in [5, 5.41) is 8.16. The Morgan fingerprint density at radius 2 is 2.04 bits per heavy atom. The minimum atomic E-state index is -2.58. The van der Waals surface area contributed by atoms with E-state index in [-0.39, 0.29) is 18.9 Å². The van der Waals surface area contributed by atoms with Crippen LogP contribution in [-0.2, 0) is 0 Å². The Labute approximate surface area is 158 Å². The maximum absolute atomic E-state index is 13.0. The zero-order valence-electron chi connectivity index (χ0n) is 14.9. The number of alkyl halides is 2. The molecular weight excluding hydrogens is 366 g/mol. The van der Waals surface area contributed by atoms with Crippen LogP contribution in [0.4, 0.5) is 14.7 Å². The molecule has 0 saturated heterocycles. The van der Waals surface area contributed by atoms with E-state index in [9.17, 15) is 8.78 Å². The molecule has 1 aromatic carbocycles. The summed E-state index contributed by atoms with van der Waals surface area (Å²) in [4.78, 5) is 12.7. The molecule has 28 heavy (non-hydrogen) atoms. The highest BCUT2D eigenvalue weighted by Gasteiger charge is 2.45. The number of methoxy groups -OCH3 is 1. The van der Waals surface area contributed by atoms with Gasteiger partial charge in [-0.1, -0.05) is 6.07 Å². The monoisotopic (exact) mass is 382 g/mol. The number of nitrogens with one attached hydrogen (secondary N) is 1. The van der Waals surface area contributed by atoms with Crippen molar-refractivity contribution in [2.45, 2.75) is 24.8 Å². The van der Waals surface area contributed by atoms with E-state index < -0.39 is 5.92 Å². The van der Waals surface area contributed by atoms with Gasteiger partial charge in [0, 0.05) is 30.6 Å². The lowest BCUT2D eigenvalue weighted by Crippen LogP contribution is -2.44. The molecule has 9 heteroatoms. The molecule has 5 rings (SSSR count). The largest absolute Gasteiger partial charge is 0.480 e. The third kappa shape index (κ3) is 2.79. The summed E-state index contributed by atoms with van der Waals surface area (Å²) in [7, 11) is 1.57. The van der Waals surface area contributed by atoms with Gasteiger partial charge in [-0.15, -0.1) is 5.10 Å². The van der Waals surface area contributed by atoms with Crippen molar-refractivity contribution < 1.29 is 13.5 Å². The van der Waals surface area contributed by atoms with Crippen molar-refractivity contribution in [1.29, 1.82) is 0 Å². The van der Waals surface area contributed by atoms with E-state index in [0.717, 1.165) is 27.5 Å². The molecule has 0 bridgehead atoms. The Morgan fingerprint density at radius 1 is 1.18 bits per heavy atom.